The number of nitrogens with one attached hydrogen (secondary N) is 2. The summed E-state index contributed by atoms with van der Waals surface area (Å²) in [5.41, 5.74) is 2.15. The highest BCUT2D eigenvalue weighted by Crippen LogP contribution is 2.26. The van der Waals surface area contributed by atoms with Crippen LogP contribution in [-0.4, -0.2) is 42.1 Å². The lowest BCUT2D eigenvalue weighted by atomic mass is 9.81. The van der Waals surface area contributed by atoms with Gasteiger partial charge in [0.1, 0.15) is 0 Å². The number of carbonyl (C=O) groups is 1. The second-order valence-corrected chi connectivity index (χ2v) is 8.80. The number of carbonyl (C=O) groups excluding carboxylic acids is 1. The van der Waals surface area contributed by atoms with Crippen molar-refractivity contribution in [1.29, 1.82) is 0 Å². The average Bonchev–Trinajstić information content (AvgIpc) is 3.22. The number of nitrogens with zero attached hydrogens (tertiary/aromatic N) is 2. The first-order chi connectivity index (χ1) is 14.8. The van der Waals surface area contributed by atoms with E-state index in [4.69, 9.17) is 4.52 Å². The first-order valence-electron chi connectivity index (χ1n) is 11.4. The van der Waals surface area contributed by atoms with Crippen molar-refractivity contribution in [1.82, 2.24) is 20.7 Å². The van der Waals surface area contributed by atoms with Crippen LogP contribution in [0.2, 0.25) is 0 Å². The van der Waals surface area contributed by atoms with Crippen LogP contribution in [0.15, 0.2) is 40.9 Å². The van der Waals surface area contributed by atoms with Crippen LogP contribution in [0, 0.1) is 11.8 Å². The zero-order valence-electron chi connectivity index (χ0n) is 17.8. The molecule has 2 aromatic rings. The van der Waals surface area contributed by atoms with Gasteiger partial charge < -0.3 is 15.2 Å². The van der Waals surface area contributed by atoms with Gasteiger partial charge in [-0.3, -0.25) is 9.69 Å². The van der Waals surface area contributed by atoms with Gasteiger partial charge in [-0.1, -0.05) is 41.9 Å². The van der Waals surface area contributed by atoms with Crippen molar-refractivity contribution in [3.63, 3.8) is 0 Å². The van der Waals surface area contributed by atoms with Gasteiger partial charge in [-0.15, -0.1) is 0 Å². The fraction of sp³-hybridized carbons (Fsp3) is 0.583. The molecule has 30 heavy (non-hydrogen) atoms. The third-order valence-corrected chi connectivity index (χ3v) is 6.45. The molecule has 2 aliphatic rings. The van der Waals surface area contributed by atoms with Crippen molar-refractivity contribution >= 4 is 5.91 Å². The lowest BCUT2D eigenvalue weighted by Crippen LogP contribution is -2.40. The van der Waals surface area contributed by atoms with E-state index in [9.17, 15) is 4.79 Å². The van der Waals surface area contributed by atoms with Crippen molar-refractivity contribution in [3.8, 4) is 0 Å². The Morgan fingerprint density at radius 1 is 1.17 bits per heavy atom. The Labute approximate surface area is 179 Å². The summed E-state index contributed by atoms with van der Waals surface area (Å²) >= 11 is 0. The van der Waals surface area contributed by atoms with Gasteiger partial charge in [-0.2, -0.15) is 0 Å². The minimum atomic E-state index is 0.140. The lowest BCUT2D eigenvalue weighted by molar-refractivity contribution is -0.122. The zero-order chi connectivity index (χ0) is 20.6. The largest absolute Gasteiger partial charge is 0.360 e. The Morgan fingerprint density at radius 3 is 2.83 bits per heavy atom. The van der Waals surface area contributed by atoms with Crippen LogP contribution in [0.3, 0.4) is 0 Å². The fourth-order valence-corrected chi connectivity index (χ4v) is 4.72. The van der Waals surface area contributed by atoms with Crippen molar-refractivity contribution < 1.29 is 9.32 Å². The number of aromatic nitrogens is 1. The molecular formula is C24H34N4O2. The fourth-order valence-electron chi connectivity index (χ4n) is 4.72. The number of hydrogen-bond donors (Lipinski definition) is 2. The molecule has 162 valence electrons. The van der Waals surface area contributed by atoms with E-state index in [0.717, 1.165) is 62.6 Å². The Bertz CT molecular complexity index is 786. The molecule has 4 rings (SSSR count). The van der Waals surface area contributed by atoms with Crippen molar-refractivity contribution in [3.05, 3.63) is 53.4 Å². The van der Waals surface area contributed by atoms with E-state index < -0.39 is 0 Å². The molecule has 3 heterocycles. The van der Waals surface area contributed by atoms with Crippen LogP contribution >= 0.6 is 0 Å². The molecular weight excluding hydrogens is 376 g/mol. The summed E-state index contributed by atoms with van der Waals surface area (Å²) in [5, 5.41) is 10.9. The van der Waals surface area contributed by atoms with E-state index in [1.807, 2.05) is 30.3 Å². The number of amides is 1. The summed E-state index contributed by atoms with van der Waals surface area (Å²) in [5.74, 6) is 1.90. The van der Waals surface area contributed by atoms with E-state index in [0.29, 0.717) is 24.8 Å². The number of rotatable bonds is 8. The van der Waals surface area contributed by atoms with Crippen LogP contribution in [0.25, 0.3) is 0 Å². The van der Waals surface area contributed by atoms with Crippen molar-refractivity contribution in [2.75, 3.05) is 26.2 Å². The summed E-state index contributed by atoms with van der Waals surface area (Å²) in [4.78, 5) is 15.0. The highest BCUT2D eigenvalue weighted by molar-refractivity contribution is 5.76. The Morgan fingerprint density at radius 2 is 2.00 bits per heavy atom. The molecule has 2 N–H and O–H groups in total. The van der Waals surface area contributed by atoms with Crippen molar-refractivity contribution in [2.45, 2.75) is 51.6 Å². The van der Waals surface area contributed by atoms with Crippen LogP contribution in [0.1, 0.15) is 49.1 Å². The van der Waals surface area contributed by atoms with E-state index >= 15 is 0 Å². The van der Waals surface area contributed by atoms with E-state index in [1.165, 1.54) is 19.3 Å². The number of piperidine rings is 2. The number of hydrogen-bond acceptors (Lipinski definition) is 5. The zero-order valence-corrected chi connectivity index (χ0v) is 17.8. The van der Waals surface area contributed by atoms with Gasteiger partial charge in [0.25, 0.3) is 0 Å². The molecule has 6 nitrogen and oxygen atoms in total. The molecule has 6 heteroatoms. The van der Waals surface area contributed by atoms with E-state index in [-0.39, 0.29) is 5.91 Å². The van der Waals surface area contributed by atoms with Crippen LogP contribution < -0.4 is 10.6 Å². The minimum absolute atomic E-state index is 0.140. The second kappa shape index (κ2) is 10.7. The first kappa shape index (κ1) is 21.1. The summed E-state index contributed by atoms with van der Waals surface area (Å²) in [6.07, 6.45) is 6.38. The second-order valence-electron chi connectivity index (χ2n) is 8.80. The molecule has 2 fully saturated rings. The molecule has 0 aliphatic carbocycles. The predicted octanol–water partition coefficient (Wildman–Crippen LogP) is 3.14. The third kappa shape index (κ3) is 6.16. The normalized spacial score (nSPS) is 22.7. The topological polar surface area (TPSA) is 70.4 Å². The van der Waals surface area contributed by atoms with Crippen LogP contribution in [0.4, 0.5) is 0 Å². The van der Waals surface area contributed by atoms with Gasteiger partial charge in [0.2, 0.25) is 5.91 Å². The average molecular weight is 411 g/mol. The van der Waals surface area contributed by atoms with Crippen LogP contribution in [-0.2, 0) is 24.3 Å². The van der Waals surface area contributed by atoms with E-state index in [1.54, 1.807) is 0 Å². The number of benzene rings is 1. The monoisotopic (exact) mass is 410 g/mol. The predicted molar refractivity (Wildman–Crippen MR) is 117 cm³/mol. The molecule has 2 aliphatic heterocycles. The molecule has 2 saturated heterocycles. The van der Waals surface area contributed by atoms with Gasteiger partial charge in [0, 0.05) is 19.0 Å². The maximum absolute atomic E-state index is 12.5. The third-order valence-electron chi connectivity index (χ3n) is 6.45. The van der Waals surface area contributed by atoms with Gasteiger partial charge >= 0.3 is 0 Å². The SMILES string of the molecule is O=C(CC1CCNCC1Cc1cc(CN2CCCCC2)on1)NCc1ccccc1. The molecule has 0 radical (unpaired) electrons. The molecule has 1 amide bonds. The summed E-state index contributed by atoms with van der Waals surface area (Å²) in [6.45, 7) is 5.68. The molecule has 2 atom stereocenters. The molecule has 0 saturated carbocycles. The van der Waals surface area contributed by atoms with Gasteiger partial charge in [0.05, 0.1) is 12.2 Å². The van der Waals surface area contributed by atoms with E-state index in [2.05, 4.69) is 26.8 Å². The first-order valence-corrected chi connectivity index (χ1v) is 11.4. The van der Waals surface area contributed by atoms with Crippen LogP contribution in [0.5, 0.6) is 0 Å². The smallest absolute Gasteiger partial charge is 0.220 e. The molecule has 0 bridgehead atoms. The Hall–Kier alpha value is -2.18. The maximum atomic E-state index is 12.5. The van der Waals surface area contributed by atoms with Crippen molar-refractivity contribution in [2.24, 2.45) is 11.8 Å². The lowest BCUT2D eigenvalue weighted by Gasteiger charge is -2.31. The minimum Gasteiger partial charge on any atom is -0.360 e. The Kier molecular flexibility index (Phi) is 7.54. The van der Waals surface area contributed by atoms with Gasteiger partial charge in [-0.05, 0) is 69.3 Å². The standard InChI is InChI=1S/C24H34N4O2/c29-24(26-16-19-7-3-1-4-8-19)14-20-9-10-25-17-21(20)13-22-15-23(30-27-22)18-28-11-5-2-6-12-28/h1,3-4,7-8,15,20-21,25H,2,5-6,9-14,16-18H2,(H,26,29). The summed E-state index contributed by atoms with van der Waals surface area (Å²) in [7, 11) is 0. The molecule has 1 aromatic heterocycles. The maximum Gasteiger partial charge on any atom is 0.220 e. The number of likely N-dealkylation sites (tertiary alicyclic amines) is 1. The Balaban J connectivity index is 1.27. The quantitative estimate of drug-likeness (QED) is 0.700. The molecule has 0 spiro atoms. The van der Waals surface area contributed by atoms with Gasteiger partial charge in [-0.25, -0.2) is 0 Å². The molecule has 2 unspecified atom stereocenters. The highest BCUT2D eigenvalue weighted by atomic mass is 16.5. The highest BCUT2D eigenvalue weighted by Gasteiger charge is 2.28. The molecule has 1 aromatic carbocycles. The summed E-state index contributed by atoms with van der Waals surface area (Å²) in [6, 6.07) is 12.2. The summed E-state index contributed by atoms with van der Waals surface area (Å²) < 4.78 is 5.62. The van der Waals surface area contributed by atoms with Gasteiger partial charge in [0.15, 0.2) is 5.76 Å².